The number of carbonyl (C=O) groups is 2. The highest BCUT2D eigenvalue weighted by molar-refractivity contribution is 9.10. The van der Waals surface area contributed by atoms with Crippen molar-refractivity contribution in [3.8, 4) is 0 Å². The Morgan fingerprint density at radius 2 is 1.56 bits per heavy atom. The lowest BCUT2D eigenvalue weighted by molar-refractivity contribution is -0.141. The molecule has 9 heteroatoms. The highest BCUT2D eigenvalue weighted by Crippen LogP contribution is 2.23. The van der Waals surface area contributed by atoms with Crippen molar-refractivity contribution >= 4 is 43.5 Å². The highest BCUT2D eigenvalue weighted by Gasteiger charge is 2.30. The maximum atomic E-state index is 13.9. The van der Waals surface area contributed by atoms with Gasteiger partial charge in [0, 0.05) is 36.9 Å². The van der Waals surface area contributed by atoms with Crippen LogP contribution < -0.4 is 9.62 Å². The predicted molar refractivity (Wildman–Crippen MR) is 169 cm³/mol. The molecule has 3 aromatic carbocycles. The van der Waals surface area contributed by atoms with Crippen molar-refractivity contribution in [3.05, 3.63) is 99.5 Å². The topological polar surface area (TPSA) is 86.8 Å². The Morgan fingerprint density at radius 1 is 0.927 bits per heavy atom. The first-order valence-corrected chi connectivity index (χ1v) is 16.5. The number of nitrogens with one attached hydrogen (secondary N) is 1. The van der Waals surface area contributed by atoms with Crippen LogP contribution >= 0.6 is 15.9 Å². The van der Waals surface area contributed by atoms with Crippen LogP contribution in [0.2, 0.25) is 0 Å². The van der Waals surface area contributed by atoms with Crippen molar-refractivity contribution in [3.63, 3.8) is 0 Å². The summed E-state index contributed by atoms with van der Waals surface area (Å²) in [7, 11) is -3.56. The van der Waals surface area contributed by atoms with E-state index in [2.05, 4.69) is 21.2 Å². The number of hydrogen-bond acceptors (Lipinski definition) is 4. The van der Waals surface area contributed by atoms with Crippen LogP contribution in [0, 0.1) is 13.8 Å². The lowest BCUT2D eigenvalue weighted by Crippen LogP contribution is -2.50. The quantitative estimate of drug-likeness (QED) is 0.242. The van der Waals surface area contributed by atoms with Crippen LogP contribution in [0.3, 0.4) is 0 Å². The summed E-state index contributed by atoms with van der Waals surface area (Å²) in [5.41, 5.74) is 4.37. The van der Waals surface area contributed by atoms with E-state index in [1.807, 2.05) is 93.6 Å². The summed E-state index contributed by atoms with van der Waals surface area (Å²) in [4.78, 5) is 29.0. The molecule has 1 unspecified atom stereocenters. The largest absolute Gasteiger partial charge is 0.354 e. The van der Waals surface area contributed by atoms with Crippen LogP contribution in [-0.4, -0.2) is 50.5 Å². The second-order valence-corrected chi connectivity index (χ2v) is 13.3. The Balaban J connectivity index is 1.87. The minimum absolute atomic E-state index is 0.0969. The van der Waals surface area contributed by atoms with Gasteiger partial charge in [0.05, 0.1) is 11.9 Å². The fraction of sp³-hybridized carbons (Fsp3) is 0.375. The number of amides is 2. The first-order valence-electron chi connectivity index (χ1n) is 13.9. The molecular weight excluding hydrogens is 602 g/mol. The lowest BCUT2D eigenvalue weighted by Gasteiger charge is -2.32. The average molecular weight is 643 g/mol. The zero-order valence-corrected chi connectivity index (χ0v) is 26.7. The molecule has 3 rings (SSSR count). The highest BCUT2D eigenvalue weighted by atomic mass is 79.9. The van der Waals surface area contributed by atoms with Gasteiger partial charge in [0.2, 0.25) is 21.8 Å². The molecule has 0 heterocycles. The van der Waals surface area contributed by atoms with E-state index in [-0.39, 0.29) is 31.3 Å². The van der Waals surface area contributed by atoms with Gasteiger partial charge in [-0.1, -0.05) is 71.4 Å². The Bertz CT molecular complexity index is 1390. The second kappa shape index (κ2) is 15.2. The number of anilines is 1. The van der Waals surface area contributed by atoms with Crippen molar-refractivity contribution in [1.29, 1.82) is 0 Å². The third-order valence-electron chi connectivity index (χ3n) is 6.73. The summed E-state index contributed by atoms with van der Waals surface area (Å²) < 4.78 is 27.7. The summed E-state index contributed by atoms with van der Waals surface area (Å²) in [6.45, 7) is 6.78. The number of hydrogen-bond donors (Lipinski definition) is 1. The van der Waals surface area contributed by atoms with Crippen LogP contribution in [0.4, 0.5) is 5.69 Å². The van der Waals surface area contributed by atoms with E-state index >= 15 is 0 Å². The van der Waals surface area contributed by atoms with Crippen LogP contribution in [0.1, 0.15) is 48.4 Å². The molecular formula is C32H40BrN3O4S. The molecule has 0 fully saturated rings. The average Bonchev–Trinajstić information content (AvgIpc) is 2.91. The van der Waals surface area contributed by atoms with Crippen molar-refractivity contribution < 1.29 is 18.0 Å². The molecule has 3 aromatic rings. The number of rotatable bonds is 14. The van der Waals surface area contributed by atoms with Gasteiger partial charge in [0.15, 0.2) is 0 Å². The van der Waals surface area contributed by atoms with Crippen LogP contribution in [0.5, 0.6) is 0 Å². The van der Waals surface area contributed by atoms with Gasteiger partial charge < -0.3 is 10.2 Å². The lowest BCUT2D eigenvalue weighted by atomic mass is 10.0. The van der Waals surface area contributed by atoms with Gasteiger partial charge in [-0.15, -0.1) is 0 Å². The van der Waals surface area contributed by atoms with E-state index in [0.29, 0.717) is 25.1 Å². The molecule has 0 saturated carbocycles. The maximum Gasteiger partial charge on any atom is 0.243 e. The molecule has 2 amide bonds. The van der Waals surface area contributed by atoms with Gasteiger partial charge in [-0.2, -0.15) is 0 Å². The van der Waals surface area contributed by atoms with E-state index < -0.39 is 16.1 Å². The molecule has 0 aliphatic rings. The van der Waals surface area contributed by atoms with Gasteiger partial charge in [-0.25, -0.2) is 8.42 Å². The molecule has 0 spiro atoms. The maximum absolute atomic E-state index is 13.9. The number of nitrogens with zero attached hydrogens (tertiary/aromatic N) is 2. The fourth-order valence-corrected chi connectivity index (χ4v) is 6.02. The second-order valence-electron chi connectivity index (χ2n) is 10.4. The predicted octanol–water partition coefficient (Wildman–Crippen LogP) is 5.78. The van der Waals surface area contributed by atoms with E-state index in [1.165, 1.54) is 10.6 Å². The molecule has 0 saturated heterocycles. The van der Waals surface area contributed by atoms with Crippen LogP contribution in [0.15, 0.2) is 77.3 Å². The minimum Gasteiger partial charge on any atom is -0.354 e. The molecule has 0 aromatic heterocycles. The summed E-state index contributed by atoms with van der Waals surface area (Å²) in [6, 6.07) is 22.3. The van der Waals surface area contributed by atoms with Crippen molar-refractivity contribution in [2.24, 2.45) is 0 Å². The van der Waals surface area contributed by atoms with Gasteiger partial charge in [0.1, 0.15) is 6.04 Å². The molecule has 0 radical (unpaired) electrons. The van der Waals surface area contributed by atoms with Gasteiger partial charge >= 0.3 is 0 Å². The fourth-order valence-electron chi connectivity index (χ4n) is 4.81. The van der Waals surface area contributed by atoms with Crippen molar-refractivity contribution in [1.82, 2.24) is 10.2 Å². The standard InChI is InChI=1S/C32H40BrN3O4S/c1-5-17-34-32(38)30(22-26-10-7-6-8-11-26)35(23-27-13-15-28(33)16-14-27)31(37)12-9-18-36(41(4,39)40)29-20-24(2)19-25(3)21-29/h6-8,10-11,13-16,19-21,30H,5,9,12,17-18,22-23H2,1-4H3,(H,34,38). The monoisotopic (exact) mass is 641 g/mol. The number of benzene rings is 3. The first kappa shape index (κ1) is 32.3. The zero-order valence-electron chi connectivity index (χ0n) is 24.3. The number of carbonyl (C=O) groups excluding carboxylic acids is 2. The molecule has 0 aliphatic heterocycles. The van der Waals surface area contributed by atoms with Crippen molar-refractivity contribution in [2.45, 2.75) is 59.0 Å². The normalized spacial score (nSPS) is 12.0. The number of sulfonamides is 1. The van der Waals surface area contributed by atoms with E-state index in [0.717, 1.165) is 33.1 Å². The van der Waals surface area contributed by atoms with Gasteiger partial charge in [0.25, 0.3) is 0 Å². The summed E-state index contributed by atoms with van der Waals surface area (Å²) >= 11 is 3.46. The molecule has 41 heavy (non-hydrogen) atoms. The number of halogens is 1. The summed E-state index contributed by atoms with van der Waals surface area (Å²) in [6.07, 6.45) is 2.74. The van der Waals surface area contributed by atoms with E-state index in [4.69, 9.17) is 0 Å². The summed E-state index contributed by atoms with van der Waals surface area (Å²) in [5.74, 6) is -0.400. The summed E-state index contributed by atoms with van der Waals surface area (Å²) in [5, 5.41) is 2.98. The Morgan fingerprint density at radius 3 is 2.15 bits per heavy atom. The Kier molecular flexibility index (Phi) is 12.0. The molecule has 7 nitrogen and oxygen atoms in total. The van der Waals surface area contributed by atoms with E-state index in [1.54, 1.807) is 4.90 Å². The number of aryl methyl sites for hydroxylation is 2. The minimum atomic E-state index is -3.56. The molecule has 220 valence electrons. The van der Waals surface area contributed by atoms with Crippen molar-refractivity contribution in [2.75, 3.05) is 23.7 Å². The van der Waals surface area contributed by atoms with E-state index in [9.17, 15) is 18.0 Å². The SMILES string of the molecule is CCCNC(=O)C(Cc1ccccc1)N(Cc1ccc(Br)cc1)C(=O)CCCN(c1cc(C)cc(C)c1)S(C)(=O)=O. The van der Waals surface area contributed by atoms with Gasteiger partial charge in [-0.05, 0) is 73.2 Å². The smallest absolute Gasteiger partial charge is 0.243 e. The van der Waals surface area contributed by atoms with Gasteiger partial charge in [-0.3, -0.25) is 13.9 Å². The van der Waals surface area contributed by atoms with Crippen LogP contribution in [-0.2, 0) is 32.6 Å². The third kappa shape index (κ3) is 10.0. The first-order chi connectivity index (χ1) is 19.5. The zero-order chi connectivity index (χ0) is 30.0. The Hall–Kier alpha value is -3.17. The molecule has 0 aliphatic carbocycles. The van der Waals surface area contributed by atoms with Crippen LogP contribution in [0.25, 0.3) is 0 Å². The molecule has 0 bridgehead atoms. The third-order valence-corrected chi connectivity index (χ3v) is 8.46. The Labute approximate surface area is 253 Å². The molecule has 1 N–H and O–H groups in total. The molecule has 1 atom stereocenters.